The van der Waals surface area contributed by atoms with E-state index in [1.165, 1.54) is 6.07 Å². The normalized spacial score (nSPS) is 10.6. The summed E-state index contributed by atoms with van der Waals surface area (Å²) in [6.45, 7) is 0. The Morgan fingerprint density at radius 2 is 1.81 bits per heavy atom. The first-order chi connectivity index (χ1) is 10.1. The maximum atomic E-state index is 11.1. The van der Waals surface area contributed by atoms with Gasteiger partial charge in [-0.05, 0) is 29.8 Å². The number of rotatable bonds is 5. The molecule has 0 heterocycles. The molecule has 0 aliphatic rings. The number of nitrogens with zero attached hydrogens (tertiary/aromatic N) is 2. The van der Waals surface area contributed by atoms with Crippen molar-refractivity contribution in [2.24, 2.45) is 5.10 Å². The molecule has 108 valence electrons. The SMILES string of the molecule is CN(C)c1ccc(/C=N/Nc2ccccc2C(=O)O)cc1. The van der Waals surface area contributed by atoms with Gasteiger partial charge in [0.05, 0.1) is 17.5 Å². The van der Waals surface area contributed by atoms with Crippen LogP contribution < -0.4 is 10.3 Å². The standard InChI is InChI=1S/C16H17N3O2/c1-19(2)13-9-7-12(8-10-13)11-17-18-15-6-4-3-5-14(15)16(20)21/h3-11,18H,1-2H3,(H,20,21)/b17-11+. The van der Waals surface area contributed by atoms with Gasteiger partial charge < -0.3 is 10.0 Å². The van der Waals surface area contributed by atoms with Crippen molar-refractivity contribution in [1.29, 1.82) is 0 Å². The number of anilines is 2. The maximum absolute atomic E-state index is 11.1. The molecular formula is C16H17N3O2. The van der Waals surface area contributed by atoms with Gasteiger partial charge in [-0.2, -0.15) is 5.10 Å². The second kappa shape index (κ2) is 6.56. The molecule has 0 bridgehead atoms. The third-order valence-electron chi connectivity index (χ3n) is 2.97. The molecule has 0 radical (unpaired) electrons. The van der Waals surface area contributed by atoms with E-state index in [1.807, 2.05) is 43.3 Å². The number of para-hydroxylation sites is 1. The highest BCUT2D eigenvalue weighted by atomic mass is 16.4. The molecule has 0 spiro atoms. The fraction of sp³-hybridized carbons (Fsp3) is 0.125. The lowest BCUT2D eigenvalue weighted by molar-refractivity contribution is 0.0698. The molecule has 5 nitrogen and oxygen atoms in total. The van der Waals surface area contributed by atoms with E-state index in [0.29, 0.717) is 5.69 Å². The summed E-state index contributed by atoms with van der Waals surface area (Å²) in [6, 6.07) is 14.5. The molecule has 0 aliphatic carbocycles. The number of nitrogens with one attached hydrogen (secondary N) is 1. The molecule has 2 aromatic rings. The van der Waals surface area contributed by atoms with Crippen LogP contribution in [0.1, 0.15) is 15.9 Å². The average molecular weight is 283 g/mol. The third kappa shape index (κ3) is 3.82. The summed E-state index contributed by atoms with van der Waals surface area (Å²) in [5, 5.41) is 13.1. The predicted octanol–water partition coefficient (Wildman–Crippen LogP) is 2.90. The van der Waals surface area contributed by atoms with Gasteiger partial charge in [-0.25, -0.2) is 4.79 Å². The van der Waals surface area contributed by atoms with E-state index in [0.717, 1.165) is 11.3 Å². The van der Waals surface area contributed by atoms with Crippen molar-refractivity contribution in [2.75, 3.05) is 24.4 Å². The van der Waals surface area contributed by atoms with Crippen molar-refractivity contribution in [3.05, 3.63) is 59.7 Å². The van der Waals surface area contributed by atoms with Crippen molar-refractivity contribution in [3.63, 3.8) is 0 Å². The lowest BCUT2D eigenvalue weighted by Crippen LogP contribution is -2.08. The lowest BCUT2D eigenvalue weighted by atomic mass is 10.2. The zero-order chi connectivity index (χ0) is 15.2. The van der Waals surface area contributed by atoms with Gasteiger partial charge in [0.25, 0.3) is 0 Å². The van der Waals surface area contributed by atoms with E-state index in [1.54, 1.807) is 24.4 Å². The highest BCUT2D eigenvalue weighted by Gasteiger charge is 2.07. The molecule has 21 heavy (non-hydrogen) atoms. The molecule has 0 saturated heterocycles. The maximum Gasteiger partial charge on any atom is 0.337 e. The van der Waals surface area contributed by atoms with Gasteiger partial charge in [-0.1, -0.05) is 24.3 Å². The number of carboxylic acid groups (broad SMARTS) is 1. The largest absolute Gasteiger partial charge is 0.478 e. The Balaban J connectivity index is 2.07. The molecule has 2 rings (SSSR count). The van der Waals surface area contributed by atoms with Crippen molar-refractivity contribution >= 4 is 23.6 Å². The molecule has 0 saturated carbocycles. The highest BCUT2D eigenvalue weighted by molar-refractivity contribution is 5.94. The summed E-state index contributed by atoms with van der Waals surface area (Å²) in [7, 11) is 3.96. The lowest BCUT2D eigenvalue weighted by Gasteiger charge is -2.11. The molecular weight excluding hydrogens is 266 g/mol. The zero-order valence-corrected chi connectivity index (χ0v) is 11.9. The summed E-state index contributed by atoms with van der Waals surface area (Å²) in [5.74, 6) is -0.983. The topological polar surface area (TPSA) is 64.9 Å². The number of hydrogen-bond donors (Lipinski definition) is 2. The number of hydrogen-bond acceptors (Lipinski definition) is 4. The van der Waals surface area contributed by atoms with Gasteiger partial charge in [-0.3, -0.25) is 5.43 Å². The van der Waals surface area contributed by atoms with E-state index in [-0.39, 0.29) is 5.56 Å². The minimum atomic E-state index is -0.983. The fourth-order valence-corrected chi connectivity index (χ4v) is 1.80. The van der Waals surface area contributed by atoms with Crippen molar-refractivity contribution in [3.8, 4) is 0 Å². The molecule has 2 aromatic carbocycles. The Morgan fingerprint density at radius 3 is 2.43 bits per heavy atom. The van der Waals surface area contributed by atoms with Crippen LogP contribution in [-0.2, 0) is 0 Å². The average Bonchev–Trinajstić information content (AvgIpc) is 2.48. The van der Waals surface area contributed by atoms with E-state index >= 15 is 0 Å². The Kier molecular flexibility index (Phi) is 4.56. The van der Waals surface area contributed by atoms with Crippen LogP contribution in [0.4, 0.5) is 11.4 Å². The Hall–Kier alpha value is -2.82. The third-order valence-corrected chi connectivity index (χ3v) is 2.97. The van der Waals surface area contributed by atoms with E-state index in [9.17, 15) is 4.79 Å². The van der Waals surface area contributed by atoms with Crippen LogP contribution in [-0.4, -0.2) is 31.4 Å². The number of carboxylic acids is 1. The summed E-state index contributed by atoms with van der Waals surface area (Å²) in [6.07, 6.45) is 1.65. The van der Waals surface area contributed by atoms with Crippen LogP contribution in [0.25, 0.3) is 0 Å². The Morgan fingerprint density at radius 1 is 1.14 bits per heavy atom. The number of carbonyl (C=O) groups is 1. The summed E-state index contributed by atoms with van der Waals surface area (Å²) < 4.78 is 0. The van der Waals surface area contributed by atoms with Crippen LogP contribution in [0.5, 0.6) is 0 Å². The highest BCUT2D eigenvalue weighted by Crippen LogP contribution is 2.15. The van der Waals surface area contributed by atoms with Crippen LogP contribution in [0.15, 0.2) is 53.6 Å². The molecule has 0 unspecified atom stereocenters. The van der Waals surface area contributed by atoms with Gasteiger partial charge in [0, 0.05) is 19.8 Å². The number of hydrazone groups is 1. The molecule has 0 aliphatic heterocycles. The Labute approximate surface area is 123 Å². The second-order valence-corrected chi connectivity index (χ2v) is 4.71. The van der Waals surface area contributed by atoms with Crippen LogP contribution in [0.2, 0.25) is 0 Å². The first-order valence-corrected chi connectivity index (χ1v) is 6.46. The summed E-state index contributed by atoms with van der Waals surface area (Å²) in [4.78, 5) is 13.1. The minimum absolute atomic E-state index is 0.192. The fourth-order valence-electron chi connectivity index (χ4n) is 1.80. The van der Waals surface area contributed by atoms with Crippen LogP contribution in [0.3, 0.4) is 0 Å². The molecule has 0 amide bonds. The molecule has 0 atom stereocenters. The van der Waals surface area contributed by atoms with Gasteiger partial charge >= 0.3 is 5.97 Å². The first kappa shape index (κ1) is 14.6. The van der Waals surface area contributed by atoms with E-state index in [2.05, 4.69) is 10.5 Å². The first-order valence-electron chi connectivity index (χ1n) is 6.46. The van der Waals surface area contributed by atoms with Gasteiger partial charge in [0.15, 0.2) is 0 Å². The minimum Gasteiger partial charge on any atom is -0.478 e. The second-order valence-electron chi connectivity index (χ2n) is 4.71. The zero-order valence-electron chi connectivity index (χ0n) is 11.9. The van der Waals surface area contributed by atoms with Crippen molar-refractivity contribution in [1.82, 2.24) is 0 Å². The van der Waals surface area contributed by atoms with Gasteiger partial charge in [-0.15, -0.1) is 0 Å². The molecule has 5 heteroatoms. The monoisotopic (exact) mass is 283 g/mol. The van der Waals surface area contributed by atoms with Crippen molar-refractivity contribution < 1.29 is 9.90 Å². The number of benzene rings is 2. The summed E-state index contributed by atoms with van der Waals surface area (Å²) >= 11 is 0. The summed E-state index contributed by atoms with van der Waals surface area (Å²) in [5.41, 5.74) is 5.45. The predicted molar refractivity (Wildman–Crippen MR) is 85.4 cm³/mol. The molecule has 0 fully saturated rings. The van der Waals surface area contributed by atoms with E-state index < -0.39 is 5.97 Å². The van der Waals surface area contributed by atoms with Gasteiger partial charge in [0.2, 0.25) is 0 Å². The van der Waals surface area contributed by atoms with E-state index in [4.69, 9.17) is 5.11 Å². The smallest absolute Gasteiger partial charge is 0.337 e. The van der Waals surface area contributed by atoms with Crippen LogP contribution >= 0.6 is 0 Å². The van der Waals surface area contributed by atoms with Crippen LogP contribution in [0, 0.1) is 0 Å². The number of aromatic carboxylic acids is 1. The Bertz CT molecular complexity index is 649. The van der Waals surface area contributed by atoms with Gasteiger partial charge in [0.1, 0.15) is 0 Å². The quantitative estimate of drug-likeness (QED) is 0.654. The molecule has 2 N–H and O–H groups in total. The van der Waals surface area contributed by atoms with Crippen molar-refractivity contribution in [2.45, 2.75) is 0 Å². The molecule has 0 aromatic heterocycles.